The maximum atomic E-state index is 15.0. The van der Waals surface area contributed by atoms with E-state index in [1.165, 1.54) is 12.1 Å². The molecular weight excluding hydrogens is 441 g/mol. The molecule has 0 atom stereocenters. The molecule has 34 heavy (non-hydrogen) atoms. The number of methoxy groups -OCH3 is 1. The van der Waals surface area contributed by atoms with Gasteiger partial charge in [0.05, 0.1) is 12.7 Å². The maximum Gasteiger partial charge on any atom is 0.168 e. The van der Waals surface area contributed by atoms with E-state index in [0.717, 1.165) is 31.2 Å². The molecule has 0 amide bonds. The predicted molar refractivity (Wildman–Crippen MR) is 126 cm³/mol. The molecule has 0 N–H and O–H groups in total. The Morgan fingerprint density at radius 2 is 1.56 bits per heavy atom. The van der Waals surface area contributed by atoms with E-state index in [4.69, 9.17) is 14.2 Å². The van der Waals surface area contributed by atoms with Crippen molar-refractivity contribution in [3.8, 4) is 22.6 Å². The highest BCUT2D eigenvalue weighted by Gasteiger charge is 2.26. The van der Waals surface area contributed by atoms with Crippen molar-refractivity contribution in [2.45, 2.75) is 51.2 Å². The van der Waals surface area contributed by atoms with Crippen LogP contribution in [-0.2, 0) is 11.3 Å². The highest BCUT2D eigenvalue weighted by atomic mass is 19.2. The summed E-state index contributed by atoms with van der Waals surface area (Å²) in [6, 6.07) is 14.9. The largest absolute Gasteiger partial charge is 0.491 e. The summed E-state index contributed by atoms with van der Waals surface area (Å²) in [6.07, 6.45) is 3.51. The Labute approximate surface area is 198 Å². The van der Waals surface area contributed by atoms with Gasteiger partial charge in [-0.05, 0) is 67.3 Å². The molecule has 180 valence electrons. The molecule has 0 aromatic heterocycles. The standard InChI is InChI=1S/C28H29F3O3/c1-3-33-26-15-12-22(16-25(26)29)34-17-18-4-6-19(7-5-18)23-13-14-24(28(31)27(23)30)20-8-10-21(32-2)11-9-20/h4-7,12-16,20-21H,3,8-11,17H2,1-2H3. The molecular formula is C28H29F3O3. The third-order valence-electron chi connectivity index (χ3n) is 6.43. The minimum atomic E-state index is -0.819. The van der Waals surface area contributed by atoms with E-state index in [1.807, 2.05) is 0 Å². The van der Waals surface area contributed by atoms with Crippen molar-refractivity contribution in [1.82, 2.24) is 0 Å². The van der Waals surface area contributed by atoms with E-state index < -0.39 is 17.5 Å². The van der Waals surface area contributed by atoms with Gasteiger partial charge in [0.15, 0.2) is 23.2 Å². The fraction of sp³-hybridized carbons (Fsp3) is 0.357. The summed E-state index contributed by atoms with van der Waals surface area (Å²) in [4.78, 5) is 0. The Hall–Kier alpha value is -2.99. The number of halogens is 3. The van der Waals surface area contributed by atoms with Gasteiger partial charge in [-0.15, -0.1) is 0 Å². The van der Waals surface area contributed by atoms with E-state index >= 15 is 0 Å². The van der Waals surface area contributed by atoms with Crippen LogP contribution in [0.4, 0.5) is 13.2 Å². The van der Waals surface area contributed by atoms with E-state index in [0.29, 0.717) is 23.5 Å². The van der Waals surface area contributed by atoms with Gasteiger partial charge in [-0.2, -0.15) is 0 Å². The van der Waals surface area contributed by atoms with Crippen LogP contribution in [0, 0.1) is 17.5 Å². The molecule has 0 unspecified atom stereocenters. The summed E-state index contributed by atoms with van der Waals surface area (Å²) in [5, 5.41) is 0. The van der Waals surface area contributed by atoms with Crippen LogP contribution in [0.25, 0.3) is 11.1 Å². The third-order valence-corrected chi connectivity index (χ3v) is 6.43. The zero-order chi connectivity index (χ0) is 24.1. The van der Waals surface area contributed by atoms with Crippen molar-refractivity contribution in [2.24, 2.45) is 0 Å². The van der Waals surface area contributed by atoms with Gasteiger partial charge in [0, 0.05) is 18.7 Å². The summed E-state index contributed by atoms with van der Waals surface area (Å²) < 4.78 is 60.1. The van der Waals surface area contributed by atoms with Crippen LogP contribution in [0.1, 0.15) is 49.7 Å². The summed E-state index contributed by atoms with van der Waals surface area (Å²) >= 11 is 0. The first-order chi connectivity index (χ1) is 16.5. The minimum absolute atomic E-state index is 0.0157. The van der Waals surface area contributed by atoms with E-state index in [-0.39, 0.29) is 29.9 Å². The van der Waals surface area contributed by atoms with Crippen molar-refractivity contribution in [1.29, 1.82) is 0 Å². The first-order valence-corrected chi connectivity index (χ1v) is 11.6. The summed E-state index contributed by atoms with van der Waals surface area (Å²) in [5.41, 5.74) is 2.09. The van der Waals surface area contributed by atoms with Gasteiger partial charge in [0.25, 0.3) is 0 Å². The van der Waals surface area contributed by atoms with E-state index in [1.54, 1.807) is 56.5 Å². The van der Waals surface area contributed by atoms with Crippen LogP contribution in [0.3, 0.4) is 0 Å². The third kappa shape index (κ3) is 5.39. The van der Waals surface area contributed by atoms with E-state index in [9.17, 15) is 13.2 Å². The highest BCUT2D eigenvalue weighted by Crippen LogP contribution is 2.37. The SMILES string of the molecule is CCOc1ccc(OCc2ccc(-c3ccc(C4CCC(OC)CC4)c(F)c3F)cc2)cc1F. The topological polar surface area (TPSA) is 27.7 Å². The monoisotopic (exact) mass is 470 g/mol. The van der Waals surface area contributed by atoms with Gasteiger partial charge >= 0.3 is 0 Å². The summed E-state index contributed by atoms with van der Waals surface area (Å²) in [5.74, 6) is -1.48. The molecule has 0 spiro atoms. The first kappa shape index (κ1) is 24.1. The van der Waals surface area contributed by atoms with Crippen molar-refractivity contribution in [3.05, 3.63) is 83.2 Å². The molecule has 1 aliphatic carbocycles. The Kier molecular flexibility index (Phi) is 7.78. The number of rotatable bonds is 8. The van der Waals surface area contributed by atoms with Crippen LogP contribution in [0.5, 0.6) is 11.5 Å². The Bertz CT molecular complexity index is 1110. The highest BCUT2D eigenvalue weighted by molar-refractivity contribution is 5.65. The van der Waals surface area contributed by atoms with Gasteiger partial charge in [0.1, 0.15) is 12.4 Å². The van der Waals surface area contributed by atoms with Crippen molar-refractivity contribution >= 4 is 0 Å². The number of ether oxygens (including phenoxy) is 3. The molecule has 0 aliphatic heterocycles. The van der Waals surface area contributed by atoms with Gasteiger partial charge in [-0.3, -0.25) is 0 Å². The summed E-state index contributed by atoms with van der Waals surface area (Å²) in [7, 11) is 1.69. The van der Waals surface area contributed by atoms with E-state index in [2.05, 4.69) is 0 Å². The lowest BCUT2D eigenvalue weighted by atomic mass is 9.82. The number of hydrogen-bond donors (Lipinski definition) is 0. The second kappa shape index (κ2) is 11.0. The maximum absolute atomic E-state index is 15.0. The van der Waals surface area contributed by atoms with Crippen LogP contribution >= 0.6 is 0 Å². The molecule has 1 saturated carbocycles. The van der Waals surface area contributed by atoms with Crippen LogP contribution in [-0.4, -0.2) is 19.8 Å². The fourth-order valence-electron chi connectivity index (χ4n) is 4.50. The lowest BCUT2D eigenvalue weighted by Gasteiger charge is -2.28. The lowest BCUT2D eigenvalue weighted by molar-refractivity contribution is 0.0655. The normalized spacial score (nSPS) is 18.0. The van der Waals surface area contributed by atoms with Crippen LogP contribution < -0.4 is 9.47 Å². The molecule has 1 aliphatic rings. The van der Waals surface area contributed by atoms with Gasteiger partial charge < -0.3 is 14.2 Å². The molecule has 4 rings (SSSR count). The van der Waals surface area contributed by atoms with Crippen molar-refractivity contribution < 1.29 is 27.4 Å². The van der Waals surface area contributed by atoms with Gasteiger partial charge in [-0.1, -0.05) is 36.4 Å². The second-order valence-electron chi connectivity index (χ2n) is 8.55. The minimum Gasteiger partial charge on any atom is -0.491 e. The molecule has 0 bridgehead atoms. The summed E-state index contributed by atoms with van der Waals surface area (Å²) in [6.45, 7) is 2.38. The number of hydrogen-bond acceptors (Lipinski definition) is 3. The van der Waals surface area contributed by atoms with Gasteiger partial charge in [0.2, 0.25) is 0 Å². The zero-order valence-corrected chi connectivity index (χ0v) is 19.5. The molecule has 0 saturated heterocycles. The molecule has 0 heterocycles. The Morgan fingerprint density at radius 1 is 0.824 bits per heavy atom. The quantitative estimate of drug-likeness (QED) is 0.343. The van der Waals surface area contributed by atoms with Crippen LogP contribution in [0.2, 0.25) is 0 Å². The number of benzene rings is 3. The second-order valence-corrected chi connectivity index (χ2v) is 8.55. The van der Waals surface area contributed by atoms with Crippen molar-refractivity contribution in [2.75, 3.05) is 13.7 Å². The smallest absolute Gasteiger partial charge is 0.168 e. The fourth-order valence-corrected chi connectivity index (χ4v) is 4.50. The predicted octanol–water partition coefficient (Wildman–Crippen LogP) is 7.42. The van der Waals surface area contributed by atoms with Gasteiger partial charge in [-0.25, -0.2) is 13.2 Å². The molecule has 3 aromatic carbocycles. The average Bonchev–Trinajstić information content (AvgIpc) is 2.86. The molecule has 3 aromatic rings. The molecule has 0 radical (unpaired) electrons. The average molecular weight is 471 g/mol. The van der Waals surface area contributed by atoms with Crippen LogP contribution in [0.15, 0.2) is 54.6 Å². The lowest BCUT2D eigenvalue weighted by Crippen LogP contribution is -2.20. The van der Waals surface area contributed by atoms with Crippen molar-refractivity contribution in [3.63, 3.8) is 0 Å². The molecule has 6 heteroatoms. The molecule has 1 fully saturated rings. The Balaban J connectivity index is 1.42. The first-order valence-electron chi connectivity index (χ1n) is 11.6. The Morgan fingerprint density at radius 3 is 2.21 bits per heavy atom. The zero-order valence-electron chi connectivity index (χ0n) is 19.5. The molecule has 3 nitrogen and oxygen atoms in total.